The maximum atomic E-state index is 12.5. The summed E-state index contributed by atoms with van der Waals surface area (Å²) in [5.41, 5.74) is 1.78. The fraction of sp³-hybridized carbons (Fsp3) is 0.300. The van der Waals surface area contributed by atoms with Crippen molar-refractivity contribution in [1.29, 1.82) is 0 Å². The zero-order chi connectivity index (χ0) is 19.8. The van der Waals surface area contributed by atoms with E-state index in [1.54, 1.807) is 23.1 Å². The molecule has 2 aromatic rings. The highest BCUT2D eigenvalue weighted by atomic mass is 35.5. The van der Waals surface area contributed by atoms with E-state index in [4.69, 9.17) is 27.9 Å². The summed E-state index contributed by atoms with van der Waals surface area (Å²) in [5, 5.41) is 3.93. The normalized spacial score (nSPS) is 11.9. The zero-order valence-electron chi connectivity index (χ0n) is 15.2. The molecule has 2 rings (SSSR count). The van der Waals surface area contributed by atoms with Crippen molar-refractivity contribution in [3.8, 4) is 0 Å². The van der Waals surface area contributed by atoms with Crippen molar-refractivity contribution in [2.24, 2.45) is 0 Å². The Bertz CT molecular complexity index is 784. The maximum Gasteiger partial charge on any atom is 0.319 e. The van der Waals surface area contributed by atoms with Crippen molar-refractivity contribution in [3.05, 3.63) is 69.7 Å². The Morgan fingerprint density at radius 3 is 2.44 bits per heavy atom. The van der Waals surface area contributed by atoms with E-state index < -0.39 is 5.97 Å². The minimum absolute atomic E-state index is 0.0227. The lowest BCUT2D eigenvalue weighted by molar-refractivity contribution is -0.142. The number of esters is 1. The Kier molecular flexibility index (Phi) is 8.10. The maximum absolute atomic E-state index is 12.5. The van der Waals surface area contributed by atoms with Crippen LogP contribution in [0.4, 0.5) is 0 Å². The minimum Gasteiger partial charge on any atom is -0.468 e. The van der Waals surface area contributed by atoms with Gasteiger partial charge < -0.3 is 10.1 Å². The molecule has 0 aliphatic carbocycles. The third kappa shape index (κ3) is 6.86. The molecule has 0 fully saturated rings. The minimum atomic E-state index is -0.396. The van der Waals surface area contributed by atoms with Crippen molar-refractivity contribution < 1.29 is 14.3 Å². The topological polar surface area (TPSA) is 58.6 Å². The molecule has 0 saturated carbocycles. The molecule has 0 aliphatic heterocycles. The summed E-state index contributed by atoms with van der Waals surface area (Å²) in [6.07, 6.45) is 0. The van der Waals surface area contributed by atoms with Gasteiger partial charge in [-0.15, -0.1) is 0 Å². The number of halogens is 2. The van der Waals surface area contributed by atoms with E-state index in [9.17, 15) is 9.59 Å². The summed E-state index contributed by atoms with van der Waals surface area (Å²) in [6, 6.07) is 14.5. The molecule has 0 saturated heterocycles. The molecule has 144 valence electrons. The van der Waals surface area contributed by atoms with Crippen LogP contribution in [-0.4, -0.2) is 37.0 Å². The third-order valence-electron chi connectivity index (χ3n) is 4.00. The number of hydrogen-bond acceptors (Lipinski definition) is 4. The van der Waals surface area contributed by atoms with Gasteiger partial charge in [-0.2, -0.15) is 0 Å². The lowest BCUT2D eigenvalue weighted by Gasteiger charge is -2.22. The largest absolute Gasteiger partial charge is 0.468 e. The van der Waals surface area contributed by atoms with Gasteiger partial charge in [0.25, 0.3) is 0 Å². The smallest absolute Gasteiger partial charge is 0.319 e. The first-order valence-corrected chi connectivity index (χ1v) is 9.22. The van der Waals surface area contributed by atoms with Crippen molar-refractivity contribution in [1.82, 2.24) is 10.2 Å². The molecule has 0 bridgehead atoms. The molecule has 0 aliphatic rings. The van der Waals surface area contributed by atoms with Crippen molar-refractivity contribution in [2.75, 3.05) is 20.2 Å². The number of nitrogens with zero attached hydrogens (tertiary/aromatic N) is 1. The second-order valence-electron chi connectivity index (χ2n) is 6.16. The van der Waals surface area contributed by atoms with Gasteiger partial charge in [0.15, 0.2) is 0 Å². The summed E-state index contributed by atoms with van der Waals surface area (Å²) >= 11 is 12.1. The Labute approximate surface area is 169 Å². The lowest BCUT2D eigenvalue weighted by Crippen LogP contribution is -2.40. The molecule has 2 aromatic carbocycles. The fourth-order valence-electron chi connectivity index (χ4n) is 2.68. The van der Waals surface area contributed by atoms with Crippen LogP contribution in [0.15, 0.2) is 48.5 Å². The first-order chi connectivity index (χ1) is 12.9. The van der Waals surface area contributed by atoms with Crippen LogP contribution in [0.5, 0.6) is 0 Å². The molecular formula is C20H22Cl2N2O3. The van der Waals surface area contributed by atoms with E-state index >= 15 is 0 Å². The summed E-state index contributed by atoms with van der Waals surface area (Å²) in [7, 11) is 1.33. The Hall–Kier alpha value is -2.08. The second kappa shape index (κ2) is 10.3. The van der Waals surface area contributed by atoms with Gasteiger partial charge >= 0.3 is 5.97 Å². The SMILES string of the molecule is COC(=O)CN(CC(=O)NC(C)c1ccc(Cl)cc1Cl)Cc1ccccc1. The van der Waals surface area contributed by atoms with E-state index in [1.807, 2.05) is 37.3 Å². The van der Waals surface area contributed by atoms with Crippen LogP contribution in [0.3, 0.4) is 0 Å². The predicted molar refractivity (Wildman–Crippen MR) is 107 cm³/mol. The Balaban J connectivity index is 2.02. The molecule has 0 heterocycles. The van der Waals surface area contributed by atoms with Crippen LogP contribution in [0.2, 0.25) is 10.0 Å². The van der Waals surface area contributed by atoms with Crippen molar-refractivity contribution in [2.45, 2.75) is 19.5 Å². The van der Waals surface area contributed by atoms with Crippen LogP contribution < -0.4 is 5.32 Å². The van der Waals surface area contributed by atoms with Crippen LogP contribution in [-0.2, 0) is 20.9 Å². The van der Waals surface area contributed by atoms with Crippen LogP contribution in [0.25, 0.3) is 0 Å². The molecule has 1 amide bonds. The third-order valence-corrected chi connectivity index (χ3v) is 4.57. The predicted octanol–water partition coefficient (Wildman–Crippen LogP) is 3.85. The molecule has 5 nitrogen and oxygen atoms in total. The van der Waals surface area contributed by atoms with E-state index in [-0.39, 0.29) is 25.0 Å². The van der Waals surface area contributed by atoms with Crippen LogP contribution in [0.1, 0.15) is 24.1 Å². The summed E-state index contributed by atoms with van der Waals surface area (Å²) in [6.45, 7) is 2.38. The van der Waals surface area contributed by atoms with Gasteiger partial charge in [-0.3, -0.25) is 14.5 Å². The standard InChI is InChI=1S/C20H22Cl2N2O3/c1-14(17-9-8-16(21)10-18(17)22)23-19(25)12-24(13-20(26)27-2)11-15-6-4-3-5-7-15/h3-10,14H,11-13H2,1-2H3,(H,23,25). The highest BCUT2D eigenvalue weighted by molar-refractivity contribution is 6.35. The van der Waals surface area contributed by atoms with Gasteiger partial charge in [0.2, 0.25) is 5.91 Å². The molecule has 1 atom stereocenters. The highest BCUT2D eigenvalue weighted by Gasteiger charge is 2.18. The van der Waals surface area contributed by atoms with Crippen LogP contribution >= 0.6 is 23.2 Å². The number of carbonyl (C=O) groups excluding carboxylic acids is 2. The number of amides is 1. The summed E-state index contributed by atoms with van der Waals surface area (Å²) in [4.78, 5) is 25.9. The van der Waals surface area contributed by atoms with E-state index in [2.05, 4.69) is 5.32 Å². The number of methoxy groups -OCH3 is 1. The van der Waals surface area contributed by atoms with E-state index in [0.717, 1.165) is 11.1 Å². The number of carbonyl (C=O) groups is 2. The molecule has 0 radical (unpaired) electrons. The Morgan fingerprint density at radius 2 is 1.81 bits per heavy atom. The number of ether oxygens (including phenoxy) is 1. The number of rotatable bonds is 8. The lowest BCUT2D eigenvalue weighted by atomic mass is 10.1. The summed E-state index contributed by atoms with van der Waals surface area (Å²) in [5.74, 6) is -0.610. The van der Waals surface area contributed by atoms with Gasteiger partial charge in [0.05, 0.1) is 26.2 Å². The molecule has 0 spiro atoms. The van der Waals surface area contributed by atoms with Crippen molar-refractivity contribution in [3.63, 3.8) is 0 Å². The first kappa shape index (κ1) is 21.2. The number of hydrogen-bond donors (Lipinski definition) is 1. The average Bonchev–Trinajstić information content (AvgIpc) is 2.62. The monoisotopic (exact) mass is 408 g/mol. The second-order valence-corrected chi connectivity index (χ2v) is 7.01. The van der Waals surface area contributed by atoms with Gasteiger partial charge in [-0.05, 0) is 30.2 Å². The fourth-order valence-corrected chi connectivity index (χ4v) is 3.25. The van der Waals surface area contributed by atoms with E-state index in [1.165, 1.54) is 7.11 Å². The molecule has 0 aromatic heterocycles. The molecule has 27 heavy (non-hydrogen) atoms. The zero-order valence-corrected chi connectivity index (χ0v) is 16.8. The summed E-state index contributed by atoms with van der Waals surface area (Å²) < 4.78 is 4.74. The molecule has 7 heteroatoms. The molecule has 1 N–H and O–H groups in total. The highest BCUT2D eigenvalue weighted by Crippen LogP contribution is 2.26. The van der Waals surface area contributed by atoms with Gasteiger partial charge in [0, 0.05) is 16.6 Å². The molecular weight excluding hydrogens is 387 g/mol. The van der Waals surface area contributed by atoms with Gasteiger partial charge in [-0.1, -0.05) is 59.6 Å². The molecule has 1 unspecified atom stereocenters. The van der Waals surface area contributed by atoms with Gasteiger partial charge in [0.1, 0.15) is 0 Å². The van der Waals surface area contributed by atoms with Gasteiger partial charge in [-0.25, -0.2) is 0 Å². The Morgan fingerprint density at radius 1 is 1.11 bits per heavy atom. The quantitative estimate of drug-likeness (QED) is 0.673. The number of benzene rings is 2. The number of nitrogens with one attached hydrogen (secondary N) is 1. The first-order valence-electron chi connectivity index (χ1n) is 8.46. The van der Waals surface area contributed by atoms with E-state index in [0.29, 0.717) is 16.6 Å². The van der Waals surface area contributed by atoms with Crippen molar-refractivity contribution >= 4 is 35.1 Å². The van der Waals surface area contributed by atoms with Crippen LogP contribution in [0, 0.1) is 0 Å². The average molecular weight is 409 g/mol.